The number of nitrogens with two attached hydrogens (primary N) is 1. The molecule has 1 aromatic rings. The maximum Gasteiger partial charge on any atom is 0.248 e. The number of Topliss-reactive ketones (excluding diaryl/α,β-unsaturated/α-hetero) is 1. The molecular weight excluding hydrogens is 366 g/mol. The van der Waals surface area contributed by atoms with E-state index < -0.39 is 17.9 Å². The van der Waals surface area contributed by atoms with Crippen LogP contribution >= 0.6 is 0 Å². The maximum atomic E-state index is 12.9. The molecule has 0 radical (unpaired) electrons. The second-order valence-electron chi connectivity index (χ2n) is 8.25. The van der Waals surface area contributed by atoms with Crippen LogP contribution in [0.2, 0.25) is 0 Å². The van der Waals surface area contributed by atoms with E-state index in [1.807, 2.05) is 12.2 Å². The highest BCUT2D eigenvalue weighted by molar-refractivity contribution is 6.04. The number of hydroxylamine groups is 1. The van der Waals surface area contributed by atoms with Gasteiger partial charge in [-0.25, -0.2) is 5.48 Å². The predicted molar refractivity (Wildman–Crippen MR) is 112 cm³/mol. The van der Waals surface area contributed by atoms with E-state index in [-0.39, 0.29) is 29.7 Å². The summed E-state index contributed by atoms with van der Waals surface area (Å²) < 4.78 is 0. The fraction of sp³-hybridized carbons (Fsp3) is 0.478. The normalized spacial score (nSPS) is 27.7. The number of hydrogen-bond donors (Lipinski definition) is 4. The Kier molecular flexibility index (Phi) is 6.67. The SMILES string of the molecule is CCc1ccc(C2C=CC(C(=O)C3NC3CC(C(=O)NO)C(C)N)=CC2C)cc1. The number of allylic oxidation sites excluding steroid dienone is 3. The monoisotopic (exact) mass is 397 g/mol. The number of aryl methyl sites for hydroxylation is 1. The Labute approximate surface area is 172 Å². The van der Waals surface area contributed by atoms with Gasteiger partial charge in [-0.1, -0.05) is 56.3 Å². The van der Waals surface area contributed by atoms with E-state index in [0.717, 1.165) is 6.42 Å². The van der Waals surface area contributed by atoms with E-state index in [9.17, 15) is 9.59 Å². The highest BCUT2D eigenvalue weighted by Gasteiger charge is 2.45. The standard InChI is InChI=1S/C23H31N3O3/c1-4-15-5-7-16(8-6-15)18-10-9-17(11-13(18)2)22(27)21-20(25-21)12-19(14(3)24)23(28)26-29/h5-11,13-14,18-21,25,29H,4,12,24H2,1-3H3,(H,26,28). The van der Waals surface area contributed by atoms with Crippen LogP contribution in [0, 0.1) is 11.8 Å². The number of carbonyl (C=O) groups excluding carboxylic acids is 2. The summed E-state index contributed by atoms with van der Waals surface area (Å²) >= 11 is 0. The van der Waals surface area contributed by atoms with Crippen molar-refractivity contribution in [3.63, 3.8) is 0 Å². The summed E-state index contributed by atoms with van der Waals surface area (Å²) in [5.74, 6) is -0.523. The van der Waals surface area contributed by atoms with Crippen LogP contribution in [0.25, 0.3) is 0 Å². The van der Waals surface area contributed by atoms with Crippen LogP contribution in [0.4, 0.5) is 0 Å². The summed E-state index contributed by atoms with van der Waals surface area (Å²) in [5.41, 5.74) is 10.8. The molecule has 1 aromatic carbocycles. The van der Waals surface area contributed by atoms with Crippen molar-refractivity contribution in [1.82, 2.24) is 10.8 Å². The molecule has 2 aliphatic rings. The van der Waals surface area contributed by atoms with Crippen LogP contribution < -0.4 is 16.5 Å². The van der Waals surface area contributed by atoms with Crippen LogP contribution in [0.15, 0.2) is 48.1 Å². The first-order chi connectivity index (χ1) is 13.8. The van der Waals surface area contributed by atoms with Gasteiger partial charge in [0.2, 0.25) is 5.91 Å². The van der Waals surface area contributed by atoms with Gasteiger partial charge in [0, 0.05) is 23.6 Å². The summed E-state index contributed by atoms with van der Waals surface area (Å²) in [6, 6.07) is 7.86. The number of hydrogen-bond acceptors (Lipinski definition) is 5. The lowest BCUT2D eigenvalue weighted by molar-refractivity contribution is -0.134. The van der Waals surface area contributed by atoms with Gasteiger partial charge in [-0.05, 0) is 36.8 Å². The third-order valence-corrected chi connectivity index (χ3v) is 6.11. The number of nitrogens with one attached hydrogen (secondary N) is 2. The first-order valence-corrected chi connectivity index (χ1v) is 10.3. The van der Waals surface area contributed by atoms with Crippen molar-refractivity contribution in [1.29, 1.82) is 0 Å². The van der Waals surface area contributed by atoms with Crippen LogP contribution in [0.5, 0.6) is 0 Å². The number of ketones is 1. The van der Waals surface area contributed by atoms with Crippen LogP contribution in [0.1, 0.15) is 44.2 Å². The molecule has 1 aliphatic carbocycles. The van der Waals surface area contributed by atoms with E-state index in [0.29, 0.717) is 12.0 Å². The average Bonchev–Trinajstić information content (AvgIpc) is 3.50. The van der Waals surface area contributed by atoms with Gasteiger partial charge >= 0.3 is 0 Å². The lowest BCUT2D eigenvalue weighted by atomic mass is 9.81. The predicted octanol–water partition coefficient (Wildman–Crippen LogP) is 2.23. The molecule has 6 unspecified atom stereocenters. The zero-order chi connectivity index (χ0) is 21.1. The molecule has 1 heterocycles. The van der Waals surface area contributed by atoms with Gasteiger partial charge in [-0.15, -0.1) is 0 Å². The Balaban J connectivity index is 1.61. The van der Waals surface area contributed by atoms with Gasteiger partial charge in [-0.3, -0.25) is 14.8 Å². The van der Waals surface area contributed by atoms with Crippen molar-refractivity contribution in [2.45, 2.75) is 57.7 Å². The zero-order valence-electron chi connectivity index (χ0n) is 17.3. The Bertz CT molecular complexity index is 813. The quantitative estimate of drug-likeness (QED) is 0.305. The highest BCUT2D eigenvalue weighted by Crippen LogP contribution is 2.34. The molecule has 156 valence electrons. The van der Waals surface area contributed by atoms with E-state index >= 15 is 0 Å². The number of rotatable bonds is 8. The minimum Gasteiger partial charge on any atom is -0.327 e. The number of benzene rings is 1. The molecule has 6 atom stereocenters. The summed E-state index contributed by atoms with van der Waals surface area (Å²) in [5, 5.41) is 12.0. The van der Waals surface area contributed by atoms with Crippen LogP contribution in [0.3, 0.4) is 0 Å². The van der Waals surface area contributed by atoms with E-state index in [2.05, 4.69) is 49.5 Å². The smallest absolute Gasteiger partial charge is 0.248 e. The molecule has 0 aromatic heterocycles. The summed E-state index contributed by atoms with van der Waals surface area (Å²) in [4.78, 5) is 24.6. The van der Waals surface area contributed by atoms with Crippen molar-refractivity contribution in [3.05, 3.63) is 59.2 Å². The minimum absolute atomic E-state index is 0.0470. The first kappa shape index (κ1) is 21.4. The summed E-state index contributed by atoms with van der Waals surface area (Å²) in [6.07, 6.45) is 7.51. The molecule has 5 N–H and O–H groups in total. The third kappa shape index (κ3) is 4.83. The van der Waals surface area contributed by atoms with Crippen molar-refractivity contribution in [3.8, 4) is 0 Å². The lowest BCUT2D eigenvalue weighted by Crippen LogP contribution is -2.40. The summed E-state index contributed by atoms with van der Waals surface area (Å²) in [6.45, 7) is 6.00. The molecule has 0 bridgehead atoms. The van der Waals surface area contributed by atoms with Gasteiger partial charge < -0.3 is 11.1 Å². The zero-order valence-corrected chi connectivity index (χ0v) is 17.3. The second kappa shape index (κ2) is 9.03. The summed E-state index contributed by atoms with van der Waals surface area (Å²) in [7, 11) is 0. The fourth-order valence-corrected chi connectivity index (χ4v) is 4.11. The Hall–Kier alpha value is -2.28. The molecule has 29 heavy (non-hydrogen) atoms. The molecule has 1 amide bonds. The molecule has 3 rings (SSSR count). The molecule has 0 saturated carbocycles. The first-order valence-electron chi connectivity index (χ1n) is 10.3. The van der Waals surface area contributed by atoms with Gasteiger partial charge in [0.25, 0.3) is 0 Å². The topological polar surface area (TPSA) is 114 Å². The van der Waals surface area contributed by atoms with Crippen LogP contribution in [-0.2, 0) is 16.0 Å². The van der Waals surface area contributed by atoms with Gasteiger partial charge in [0.15, 0.2) is 5.78 Å². The highest BCUT2D eigenvalue weighted by atomic mass is 16.5. The van der Waals surface area contributed by atoms with Gasteiger partial charge in [0.1, 0.15) is 0 Å². The molecule has 6 heteroatoms. The average molecular weight is 398 g/mol. The Morgan fingerprint density at radius 2 is 1.97 bits per heavy atom. The number of amides is 1. The fourth-order valence-electron chi connectivity index (χ4n) is 4.11. The number of carbonyl (C=O) groups is 2. The van der Waals surface area contributed by atoms with Crippen molar-refractivity contribution in [2.75, 3.05) is 0 Å². The van der Waals surface area contributed by atoms with Crippen molar-refractivity contribution in [2.24, 2.45) is 17.6 Å². The van der Waals surface area contributed by atoms with Crippen LogP contribution in [-0.4, -0.2) is 35.0 Å². The Morgan fingerprint density at radius 1 is 1.28 bits per heavy atom. The van der Waals surface area contributed by atoms with E-state index in [4.69, 9.17) is 10.9 Å². The molecule has 0 spiro atoms. The van der Waals surface area contributed by atoms with E-state index in [1.54, 1.807) is 12.4 Å². The third-order valence-electron chi connectivity index (χ3n) is 6.11. The maximum absolute atomic E-state index is 12.9. The van der Waals surface area contributed by atoms with Crippen molar-refractivity contribution < 1.29 is 14.8 Å². The molecule has 1 aliphatic heterocycles. The second-order valence-corrected chi connectivity index (χ2v) is 8.25. The Morgan fingerprint density at radius 3 is 2.52 bits per heavy atom. The van der Waals surface area contributed by atoms with Gasteiger partial charge in [-0.2, -0.15) is 0 Å². The van der Waals surface area contributed by atoms with E-state index in [1.165, 1.54) is 11.1 Å². The van der Waals surface area contributed by atoms with Crippen molar-refractivity contribution >= 4 is 11.7 Å². The molecule has 1 fully saturated rings. The molecule has 1 saturated heterocycles. The lowest BCUT2D eigenvalue weighted by Gasteiger charge is -2.23. The molecule has 6 nitrogen and oxygen atoms in total. The largest absolute Gasteiger partial charge is 0.327 e. The van der Waals surface area contributed by atoms with Gasteiger partial charge in [0.05, 0.1) is 12.0 Å². The molecular formula is C23H31N3O3. The minimum atomic E-state index is -0.541.